The van der Waals surface area contributed by atoms with E-state index in [1.165, 1.54) is 18.5 Å². The zero-order chi connectivity index (χ0) is 15.3. The topological polar surface area (TPSA) is 37.4 Å². The van der Waals surface area contributed by atoms with Gasteiger partial charge in [0.25, 0.3) is 0 Å². The average Bonchev–Trinajstić information content (AvgIpc) is 2.45. The van der Waals surface area contributed by atoms with E-state index >= 15 is 0 Å². The molecule has 2 rings (SSSR count). The molecule has 21 heavy (non-hydrogen) atoms. The maximum absolute atomic E-state index is 5.32. The van der Waals surface area contributed by atoms with Crippen LogP contribution in [0.3, 0.4) is 0 Å². The first kappa shape index (κ1) is 16.2. The molecule has 2 heterocycles. The highest BCUT2D eigenvalue weighted by molar-refractivity contribution is 5.47. The molecule has 1 aliphatic rings. The van der Waals surface area contributed by atoms with Crippen LogP contribution in [0.4, 0.5) is 5.69 Å². The number of anilines is 1. The van der Waals surface area contributed by atoms with Crippen molar-refractivity contribution in [2.24, 2.45) is 5.92 Å². The molecule has 1 saturated heterocycles. The Kier molecular flexibility index (Phi) is 5.59. The molecule has 0 aromatic carbocycles. The van der Waals surface area contributed by atoms with Crippen molar-refractivity contribution in [3.63, 3.8) is 0 Å². The Morgan fingerprint density at radius 2 is 2.24 bits per heavy atom. The molecule has 0 amide bonds. The van der Waals surface area contributed by atoms with Crippen molar-refractivity contribution in [2.45, 2.75) is 45.7 Å². The van der Waals surface area contributed by atoms with E-state index in [-0.39, 0.29) is 5.54 Å². The van der Waals surface area contributed by atoms with E-state index < -0.39 is 0 Å². The van der Waals surface area contributed by atoms with Gasteiger partial charge in [0, 0.05) is 44.2 Å². The highest BCUT2D eigenvalue weighted by Crippen LogP contribution is 2.23. The molecule has 0 saturated carbocycles. The van der Waals surface area contributed by atoms with Crippen LogP contribution in [-0.2, 0) is 11.3 Å². The summed E-state index contributed by atoms with van der Waals surface area (Å²) in [7, 11) is 1.79. The van der Waals surface area contributed by atoms with Gasteiger partial charge in [-0.25, -0.2) is 0 Å². The lowest BCUT2D eigenvalue weighted by Gasteiger charge is -2.34. The van der Waals surface area contributed by atoms with Gasteiger partial charge in [-0.05, 0) is 51.7 Å². The standard InChI is InChI=1S/C17H29N3O/c1-17(2,3)19-11-15-10-16(7-8-18-15)20-9-5-6-14(12-20)13-21-4/h7-8,10,14,19H,5-6,9,11-13H2,1-4H3. The predicted octanol–water partition coefficient (Wildman–Crippen LogP) is 2.83. The van der Waals surface area contributed by atoms with Gasteiger partial charge in [0.05, 0.1) is 12.3 Å². The molecule has 1 unspecified atom stereocenters. The molecule has 1 aromatic rings. The maximum atomic E-state index is 5.32. The third-order valence-electron chi connectivity index (χ3n) is 3.89. The second kappa shape index (κ2) is 7.23. The third kappa shape index (κ3) is 5.29. The molecule has 1 atom stereocenters. The third-order valence-corrected chi connectivity index (χ3v) is 3.89. The molecule has 0 radical (unpaired) electrons. The molecule has 0 spiro atoms. The number of hydrogen-bond acceptors (Lipinski definition) is 4. The molecule has 4 nitrogen and oxygen atoms in total. The van der Waals surface area contributed by atoms with Gasteiger partial charge in [0.1, 0.15) is 0 Å². The Labute approximate surface area is 128 Å². The molecule has 118 valence electrons. The summed E-state index contributed by atoms with van der Waals surface area (Å²) >= 11 is 0. The van der Waals surface area contributed by atoms with Crippen molar-refractivity contribution in [3.05, 3.63) is 24.0 Å². The summed E-state index contributed by atoms with van der Waals surface area (Å²) in [5, 5.41) is 3.50. The molecule has 1 fully saturated rings. The van der Waals surface area contributed by atoms with Crippen LogP contribution in [0.25, 0.3) is 0 Å². The van der Waals surface area contributed by atoms with E-state index in [2.05, 4.69) is 48.1 Å². The number of piperidine rings is 1. The predicted molar refractivity (Wildman–Crippen MR) is 87.6 cm³/mol. The lowest BCUT2D eigenvalue weighted by atomic mass is 9.98. The van der Waals surface area contributed by atoms with Crippen molar-refractivity contribution in [3.8, 4) is 0 Å². The Morgan fingerprint density at radius 1 is 1.43 bits per heavy atom. The lowest BCUT2D eigenvalue weighted by molar-refractivity contribution is 0.143. The van der Waals surface area contributed by atoms with Crippen LogP contribution in [-0.4, -0.2) is 37.3 Å². The van der Waals surface area contributed by atoms with E-state index in [9.17, 15) is 0 Å². The number of hydrogen-bond donors (Lipinski definition) is 1. The number of pyridine rings is 1. The molecule has 0 bridgehead atoms. The van der Waals surface area contributed by atoms with Crippen molar-refractivity contribution >= 4 is 5.69 Å². The van der Waals surface area contributed by atoms with E-state index in [1.807, 2.05) is 6.20 Å². The minimum absolute atomic E-state index is 0.117. The van der Waals surface area contributed by atoms with Gasteiger partial charge in [-0.2, -0.15) is 0 Å². The molecule has 1 aromatic heterocycles. The monoisotopic (exact) mass is 291 g/mol. The normalized spacial score (nSPS) is 19.8. The fraction of sp³-hybridized carbons (Fsp3) is 0.706. The number of aromatic nitrogens is 1. The van der Waals surface area contributed by atoms with Crippen molar-refractivity contribution < 1.29 is 4.74 Å². The molecule has 0 aliphatic carbocycles. The summed E-state index contributed by atoms with van der Waals surface area (Å²) in [5.74, 6) is 0.646. The Bertz CT molecular complexity index is 440. The zero-order valence-corrected chi connectivity index (χ0v) is 13.9. The quantitative estimate of drug-likeness (QED) is 0.905. The summed E-state index contributed by atoms with van der Waals surface area (Å²) in [6.07, 6.45) is 4.44. The van der Waals surface area contributed by atoms with Gasteiger partial charge in [-0.3, -0.25) is 4.98 Å². The number of ether oxygens (including phenoxy) is 1. The number of nitrogens with zero attached hydrogens (tertiary/aromatic N) is 2. The first-order valence-electron chi connectivity index (χ1n) is 7.92. The van der Waals surface area contributed by atoms with E-state index in [1.54, 1.807) is 7.11 Å². The van der Waals surface area contributed by atoms with Crippen LogP contribution in [0.2, 0.25) is 0 Å². The van der Waals surface area contributed by atoms with Crippen LogP contribution in [0.15, 0.2) is 18.3 Å². The molecule has 1 aliphatic heterocycles. The summed E-state index contributed by atoms with van der Waals surface area (Å²) < 4.78 is 5.32. The summed E-state index contributed by atoms with van der Waals surface area (Å²) in [4.78, 5) is 6.95. The molecular formula is C17H29N3O. The zero-order valence-electron chi connectivity index (χ0n) is 13.9. The summed E-state index contributed by atoms with van der Waals surface area (Å²) in [6.45, 7) is 10.4. The van der Waals surface area contributed by atoms with Crippen molar-refractivity contribution in [2.75, 3.05) is 31.7 Å². The Morgan fingerprint density at radius 3 is 2.95 bits per heavy atom. The van der Waals surface area contributed by atoms with E-state index in [0.29, 0.717) is 5.92 Å². The lowest BCUT2D eigenvalue weighted by Crippen LogP contribution is -2.37. The van der Waals surface area contributed by atoms with Gasteiger partial charge in [0.2, 0.25) is 0 Å². The maximum Gasteiger partial charge on any atom is 0.0562 e. The summed E-state index contributed by atoms with van der Waals surface area (Å²) in [6, 6.07) is 4.34. The van der Waals surface area contributed by atoms with Crippen LogP contribution in [0.1, 0.15) is 39.3 Å². The van der Waals surface area contributed by atoms with Crippen molar-refractivity contribution in [1.82, 2.24) is 10.3 Å². The van der Waals surface area contributed by atoms with Crippen molar-refractivity contribution in [1.29, 1.82) is 0 Å². The summed E-state index contributed by atoms with van der Waals surface area (Å²) in [5.41, 5.74) is 2.51. The first-order valence-corrected chi connectivity index (χ1v) is 7.92. The molecular weight excluding hydrogens is 262 g/mol. The SMILES string of the molecule is COCC1CCCN(c2ccnc(CNC(C)(C)C)c2)C1. The van der Waals surface area contributed by atoms with Crippen LogP contribution < -0.4 is 10.2 Å². The average molecular weight is 291 g/mol. The fourth-order valence-corrected chi connectivity index (χ4v) is 2.79. The first-order chi connectivity index (χ1) is 9.98. The second-order valence-electron chi connectivity index (χ2n) is 7.02. The number of nitrogens with one attached hydrogen (secondary N) is 1. The van der Waals surface area contributed by atoms with Gasteiger partial charge in [0.15, 0.2) is 0 Å². The van der Waals surface area contributed by atoms with Crippen LogP contribution in [0, 0.1) is 5.92 Å². The van der Waals surface area contributed by atoms with Crippen LogP contribution in [0.5, 0.6) is 0 Å². The van der Waals surface area contributed by atoms with Gasteiger partial charge in [-0.1, -0.05) is 0 Å². The minimum atomic E-state index is 0.117. The number of rotatable bonds is 5. The fourth-order valence-electron chi connectivity index (χ4n) is 2.79. The van der Waals surface area contributed by atoms with Gasteiger partial charge in [-0.15, -0.1) is 0 Å². The van der Waals surface area contributed by atoms with E-state index in [0.717, 1.165) is 31.9 Å². The van der Waals surface area contributed by atoms with E-state index in [4.69, 9.17) is 4.74 Å². The van der Waals surface area contributed by atoms with Gasteiger partial charge >= 0.3 is 0 Å². The Balaban J connectivity index is 1.99. The minimum Gasteiger partial charge on any atom is -0.384 e. The highest BCUT2D eigenvalue weighted by atomic mass is 16.5. The number of methoxy groups -OCH3 is 1. The van der Waals surface area contributed by atoms with Crippen LogP contribution >= 0.6 is 0 Å². The molecule has 1 N–H and O–H groups in total. The molecule has 4 heteroatoms. The highest BCUT2D eigenvalue weighted by Gasteiger charge is 2.20. The Hall–Kier alpha value is -1.13. The largest absolute Gasteiger partial charge is 0.384 e. The second-order valence-corrected chi connectivity index (χ2v) is 7.02. The van der Waals surface area contributed by atoms with Gasteiger partial charge < -0.3 is 15.0 Å². The smallest absolute Gasteiger partial charge is 0.0562 e.